The summed E-state index contributed by atoms with van der Waals surface area (Å²) >= 11 is 0. The van der Waals surface area contributed by atoms with Crippen molar-refractivity contribution in [1.82, 2.24) is 9.78 Å². The lowest BCUT2D eigenvalue weighted by Gasteiger charge is -2.23. The zero-order chi connectivity index (χ0) is 14.0. The Morgan fingerprint density at radius 2 is 1.89 bits per heavy atom. The van der Waals surface area contributed by atoms with Crippen LogP contribution < -0.4 is 5.73 Å². The van der Waals surface area contributed by atoms with Crippen LogP contribution in [0.3, 0.4) is 0 Å². The molecule has 2 aromatic rings. The fourth-order valence-corrected chi connectivity index (χ4v) is 2.84. The summed E-state index contributed by atoms with van der Waals surface area (Å²) in [6.45, 7) is 9.63. The van der Waals surface area contributed by atoms with Gasteiger partial charge in [-0.1, -0.05) is 32.0 Å². The fraction of sp³-hybridized carbons (Fsp3) is 0.562. The van der Waals surface area contributed by atoms with Crippen LogP contribution in [0.4, 0.5) is 0 Å². The Kier molecular flexibility index (Phi) is 4.25. The maximum Gasteiger partial charge on any atom is 0.0706 e. The third kappa shape index (κ3) is 2.81. The minimum absolute atomic E-state index is 0.200. The topological polar surface area (TPSA) is 43.8 Å². The first kappa shape index (κ1) is 14.1. The molecule has 0 radical (unpaired) electrons. The molecular weight excluding hydrogens is 234 g/mol. The third-order valence-corrected chi connectivity index (χ3v) is 3.99. The summed E-state index contributed by atoms with van der Waals surface area (Å²) in [6, 6.07) is 8.67. The highest BCUT2D eigenvalue weighted by atomic mass is 15.3. The van der Waals surface area contributed by atoms with E-state index in [-0.39, 0.29) is 6.04 Å². The van der Waals surface area contributed by atoms with Gasteiger partial charge in [0, 0.05) is 18.0 Å². The van der Waals surface area contributed by atoms with Gasteiger partial charge in [0.1, 0.15) is 0 Å². The van der Waals surface area contributed by atoms with Crippen LogP contribution in [0.25, 0.3) is 10.9 Å². The minimum Gasteiger partial charge on any atom is -0.328 e. The van der Waals surface area contributed by atoms with E-state index in [1.165, 1.54) is 16.6 Å². The molecule has 19 heavy (non-hydrogen) atoms. The average molecular weight is 259 g/mol. The van der Waals surface area contributed by atoms with E-state index in [1.54, 1.807) is 0 Å². The first-order valence-corrected chi connectivity index (χ1v) is 7.24. The highest BCUT2D eigenvalue weighted by molar-refractivity contribution is 5.81. The van der Waals surface area contributed by atoms with E-state index < -0.39 is 0 Å². The van der Waals surface area contributed by atoms with Gasteiger partial charge in [0.2, 0.25) is 0 Å². The molecule has 0 saturated heterocycles. The number of benzene rings is 1. The van der Waals surface area contributed by atoms with Crippen LogP contribution in [0.1, 0.15) is 33.4 Å². The zero-order valence-electron chi connectivity index (χ0n) is 12.4. The number of aryl methyl sites for hydroxylation is 1. The van der Waals surface area contributed by atoms with Crippen molar-refractivity contribution in [2.75, 3.05) is 0 Å². The van der Waals surface area contributed by atoms with Gasteiger partial charge in [0.05, 0.1) is 11.2 Å². The molecule has 2 atom stereocenters. The molecule has 104 valence electrons. The molecule has 0 bridgehead atoms. The van der Waals surface area contributed by atoms with Crippen molar-refractivity contribution in [3.05, 3.63) is 30.0 Å². The predicted octanol–water partition coefficient (Wildman–Crippen LogP) is 3.22. The van der Waals surface area contributed by atoms with Gasteiger partial charge in [-0.2, -0.15) is 5.10 Å². The van der Waals surface area contributed by atoms with Gasteiger partial charge >= 0.3 is 0 Å². The Balaban J connectivity index is 2.40. The number of rotatable bonds is 5. The lowest BCUT2D eigenvalue weighted by atomic mass is 9.85. The second-order valence-electron chi connectivity index (χ2n) is 5.75. The van der Waals surface area contributed by atoms with Crippen LogP contribution in [-0.4, -0.2) is 15.8 Å². The van der Waals surface area contributed by atoms with E-state index >= 15 is 0 Å². The lowest BCUT2D eigenvalue weighted by Crippen LogP contribution is -2.32. The second kappa shape index (κ2) is 5.74. The zero-order valence-corrected chi connectivity index (χ0v) is 12.4. The number of hydrogen-bond donors (Lipinski definition) is 1. The number of para-hydroxylation sites is 1. The summed E-state index contributed by atoms with van der Waals surface area (Å²) in [4.78, 5) is 0. The molecule has 1 aromatic carbocycles. The van der Waals surface area contributed by atoms with E-state index in [4.69, 9.17) is 10.8 Å². The van der Waals surface area contributed by atoms with Crippen molar-refractivity contribution in [2.24, 2.45) is 17.6 Å². The molecule has 0 amide bonds. The Labute approximate surface area is 115 Å². The van der Waals surface area contributed by atoms with Crippen molar-refractivity contribution in [3.8, 4) is 0 Å². The maximum atomic E-state index is 6.13. The van der Waals surface area contributed by atoms with Crippen molar-refractivity contribution in [1.29, 1.82) is 0 Å². The van der Waals surface area contributed by atoms with Crippen molar-refractivity contribution in [3.63, 3.8) is 0 Å². The molecule has 1 heterocycles. The third-order valence-electron chi connectivity index (χ3n) is 3.99. The van der Waals surface area contributed by atoms with Crippen LogP contribution in [-0.2, 0) is 13.0 Å². The summed E-state index contributed by atoms with van der Waals surface area (Å²) in [5, 5.41) is 6.05. The van der Waals surface area contributed by atoms with Crippen LogP contribution in [0, 0.1) is 11.8 Å². The largest absolute Gasteiger partial charge is 0.328 e. The molecule has 2 unspecified atom stereocenters. The van der Waals surface area contributed by atoms with E-state index in [0.29, 0.717) is 11.8 Å². The number of nitrogens with zero attached hydrogens (tertiary/aromatic N) is 2. The van der Waals surface area contributed by atoms with Crippen molar-refractivity contribution < 1.29 is 0 Å². The molecule has 3 heteroatoms. The lowest BCUT2D eigenvalue weighted by molar-refractivity contribution is 0.327. The van der Waals surface area contributed by atoms with Gasteiger partial charge in [-0.05, 0) is 38.2 Å². The summed E-state index contributed by atoms with van der Waals surface area (Å²) < 4.78 is 2.09. The van der Waals surface area contributed by atoms with Crippen LogP contribution in [0.5, 0.6) is 0 Å². The SMILES string of the molecule is CCn1nc(CC(C(C)C)C(C)N)c2ccccc21. The summed E-state index contributed by atoms with van der Waals surface area (Å²) in [7, 11) is 0. The average Bonchev–Trinajstić information content (AvgIpc) is 2.73. The highest BCUT2D eigenvalue weighted by Gasteiger charge is 2.21. The van der Waals surface area contributed by atoms with E-state index in [0.717, 1.165) is 13.0 Å². The van der Waals surface area contributed by atoms with Crippen LogP contribution >= 0.6 is 0 Å². The van der Waals surface area contributed by atoms with Gasteiger partial charge < -0.3 is 5.73 Å². The molecule has 0 spiro atoms. The second-order valence-corrected chi connectivity index (χ2v) is 5.75. The standard InChI is InChI=1S/C16H25N3/c1-5-19-16-9-7-6-8-13(16)15(18-19)10-14(11(2)3)12(4)17/h6-9,11-12,14H,5,10,17H2,1-4H3. The first-order valence-electron chi connectivity index (χ1n) is 7.24. The molecule has 2 N–H and O–H groups in total. The quantitative estimate of drug-likeness (QED) is 0.896. The van der Waals surface area contributed by atoms with Crippen LogP contribution in [0.15, 0.2) is 24.3 Å². The number of fused-ring (bicyclic) bond motifs is 1. The number of hydrogen-bond acceptors (Lipinski definition) is 2. The van der Waals surface area contributed by atoms with E-state index in [9.17, 15) is 0 Å². The summed E-state index contributed by atoms with van der Waals surface area (Å²) in [6.07, 6.45) is 0.961. The molecular formula is C16H25N3. The molecule has 0 aliphatic heterocycles. The molecule has 0 aliphatic carbocycles. The molecule has 2 rings (SSSR count). The smallest absolute Gasteiger partial charge is 0.0706 e. The Morgan fingerprint density at radius 1 is 1.21 bits per heavy atom. The van der Waals surface area contributed by atoms with Gasteiger partial charge in [-0.3, -0.25) is 4.68 Å². The van der Waals surface area contributed by atoms with E-state index in [2.05, 4.69) is 56.6 Å². The normalized spacial score (nSPS) is 15.1. The Bertz CT molecular complexity index is 532. The Hall–Kier alpha value is -1.35. The van der Waals surface area contributed by atoms with Gasteiger partial charge in [0.25, 0.3) is 0 Å². The van der Waals surface area contributed by atoms with Crippen LogP contribution in [0.2, 0.25) is 0 Å². The molecule has 3 nitrogen and oxygen atoms in total. The van der Waals surface area contributed by atoms with Gasteiger partial charge in [-0.15, -0.1) is 0 Å². The molecule has 1 aromatic heterocycles. The Morgan fingerprint density at radius 3 is 2.47 bits per heavy atom. The predicted molar refractivity (Wildman–Crippen MR) is 81.1 cm³/mol. The summed E-state index contributed by atoms with van der Waals surface area (Å²) in [5.74, 6) is 1.05. The van der Waals surface area contributed by atoms with Crippen molar-refractivity contribution in [2.45, 2.75) is 46.7 Å². The number of nitrogens with two attached hydrogens (primary N) is 1. The van der Waals surface area contributed by atoms with Gasteiger partial charge in [-0.25, -0.2) is 0 Å². The molecule has 0 aliphatic rings. The molecule has 0 saturated carbocycles. The first-order chi connectivity index (χ1) is 9.04. The monoisotopic (exact) mass is 259 g/mol. The molecule has 0 fully saturated rings. The van der Waals surface area contributed by atoms with E-state index in [1.807, 2.05) is 0 Å². The van der Waals surface area contributed by atoms with Gasteiger partial charge in [0.15, 0.2) is 0 Å². The maximum absolute atomic E-state index is 6.13. The summed E-state index contributed by atoms with van der Waals surface area (Å²) in [5.41, 5.74) is 8.55. The fourth-order valence-electron chi connectivity index (χ4n) is 2.84. The number of aromatic nitrogens is 2. The highest BCUT2D eigenvalue weighted by Crippen LogP contribution is 2.25. The van der Waals surface area contributed by atoms with Crippen molar-refractivity contribution >= 4 is 10.9 Å². The minimum atomic E-state index is 0.200.